The first-order valence-electron chi connectivity index (χ1n) is 6.92. The van der Waals surface area contributed by atoms with Crippen LogP contribution in [0.2, 0.25) is 0 Å². The van der Waals surface area contributed by atoms with E-state index < -0.39 is 11.6 Å². The number of hydrogen-bond donors (Lipinski definition) is 0. The third-order valence-corrected chi connectivity index (χ3v) is 3.41. The number of rotatable bonds is 5. The molecule has 1 aliphatic heterocycles. The van der Waals surface area contributed by atoms with Crippen molar-refractivity contribution in [3.63, 3.8) is 0 Å². The summed E-state index contributed by atoms with van der Waals surface area (Å²) in [7, 11) is 1.48. The Kier molecular flexibility index (Phi) is 5.64. The van der Waals surface area contributed by atoms with E-state index in [0.717, 1.165) is 18.9 Å². The average Bonchev–Trinajstić information content (AvgIpc) is 2.45. The van der Waals surface area contributed by atoms with Crippen LogP contribution in [-0.4, -0.2) is 43.7 Å². The van der Waals surface area contributed by atoms with Crippen LogP contribution in [0.4, 0.5) is 8.78 Å². The van der Waals surface area contributed by atoms with Crippen LogP contribution in [0.15, 0.2) is 18.2 Å². The van der Waals surface area contributed by atoms with Crippen LogP contribution in [0, 0.1) is 11.6 Å². The van der Waals surface area contributed by atoms with Gasteiger partial charge < -0.3 is 14.4 Å². The van der Waals surface area contributed by atoms with Crippen molar-refractivity contribution in [2.24, 2.45) is 0 Å². The fourth-order valence-electron chi connectivity index (χ4n) is 2.42. The standard InChI is InChI=1S/C15H19F2NO3/c1-20-10-15(19)18-4-2-3-14(8-18)21-9-11-5-12(16)7-13(17)6-11/h5-7,14H,2-4,8-10H2,1H3. The number of hydrogen-bond acceptors (Lipinski definition) is 3. The van der Waals surface area contributed by atoms with Crippen molar-refractivity contribution < 1.29 is 23.0 Å². The maximum absolute atomic E-state index is 13.1. The highest BCUT2D eigenvalue weighted by molar-refractivity contribution is 5.77. The molecule has 1 atom stereocenters. The van der Waals surface area contributed by atoms with Gasteiger partial charge in [-0.25, -0.2) is 8.78 Å². The first-order valence-corrected chi connectivity index (χ1v) is 6.92. The lowest BCUT2D eigenvalue weighted by molar-refractivity contribution is -0.139. The van der Waals surface area contributed by atoms with Gasteiger partial charge in [-0.05, 0) is 30.5 Å². The molecule has 0 aliphatic carbocycles. The fourth-order valence-corrected chi connectivity index (χ4v) is 2.42. The summed E-state index contributed by atoms with van der Waals surface area (Å²) in [6.07, 6.45) is 1.55. The molecule has 0 saturated carbocycles. The number of carbonyl (C=O) groups is 1. The Balaban J connectivity index is 1.86. The maximum Gasteiger partial charge on any atom is 0.248 e. The largest absolute Gasteiger partial charge is 0.375 e. The van der Waals surface area contributed by atoms with Crippen LogP contribution in [0.3, 0.4) is 0 Å². The summed E-state index contributed by atoms with van der Waals surface area (Å²) in [5.74, 6) is -1.30. The number of amides is 1. The molecule has 0 aromatic heterocycles. The lowest BCUT2D eigenvalue weighted by Gasteiger charge is -2.32. The van der Waals surface area contributed by atoms with E-state index in [4.69, 9.17) is 9.47 Å². The molecule has 0 radical (unpaired) electrons. The fraction of sp³-hybridized carbons (Fsp3) is 0.533. The predicted molar refractivity (Wildman–Crippen MR) is 72.6 cm³/mol. The minimum atomic E-state index is -0.617. The van der Waals surface area contributed by atoms with E-state index in [2.05, 4.69) is 0 Å². The van der Waals surface area contributed by atoms with Crippen LogP contribution < -0.4 is 0 Å². The van der Waals surface area contributed by atoms with Gasteiger partial charge in [-0.3, -0.25) is 4.79 Å². The molecule has 1 aliphatic rings. The zero-order valence-corrected chi connectivity index (χ0v) is 12.0. The molecule has 1 amide bonds. The summed E-state index contributed by atoms with van der Waals surface area (Å²) in [6.45, 7) is 1.37. The smallest absolute Gasteiger partial charge is 0.248 e. The van der Waals surface area contributed by atoms with Crippen molar-refractivity contribution >= 4 is 5.91 Å². The molecular formula is C15H19F2NO3. The summed E-state index contributed by atoms with van der Waals surface area (Å²) in [4.78, 5) is 13.5. The Morgan fingerprint density at radius 1 is 1.33 bits per heavy atom. The zero-order chi connectivity index (χ0) is 15.2. The van der Waals surface area contributed by atoms with Crippen LogP contribution in [0.25, 0.3) is 0 Å². The molecule has 6 heteroatoms. The summed E-state index contributed by atoms with van der Waals surface area (Å²) < 4.78 is 36.7. The van der Waals surface area contributed by atoms with Gasteiger partial charge in [0.2, 0.25) is 5.91 Å². The number of benzene rings is 1. The van der Waals surface area contributed by atoms with E-state index in [-0.39, 0.29) is 25.2 Å². The molecule has 21 heavy (non-hydrogen) atoms. The van der Waals surface area contributed by atoms with Crippen molar-refractivity contribution in [3.8, 4) is 0 Å². The molecule has 1 aromatic rings. The van der Waals surface area contributed by atoms with Crippen molar-refractivity contribution in [1.29, 1.82) is 0 Å². The molecule has 1 unspecified atom stereocenters. The molecule has 1 saturated heterocycles. The third kappa shape index (κ3) is 4.75. The first-order chi connectivity index (χ1) is 10.1. The van der Waals surface area contributed by atoms with Gasteiger partial charge in [0, 0.05) is 26.3 Å². The minimum Gasteiger partial charge on any atom is -0.375 e. The van der Waals surface area contributed by atoms with E-state index in [0.29, 0.717) is 18.7 Å². The van der Waals surface area contributed by atoms with Gasteiger partial charge in [0.1, 0.15) is 18.2 Å². The molecule has 1 heterocycles. The van der Waals surface area contributed by atoms with E-state index in [1.54, 1.807) is 4.90 Å². The van der Waals surface area contributed by atoms with E-state index in [9.17, 15) is 13.6 Å². The first kappa shape index (κ1) is 15.9. The second kappa shape index (κ2) is 7.47. The quantitative estimate of drug-likeness (QED) is 0.836. The predicted octanol–water partition coefficient (Wildman–Crippen LogP) is 2.12. The lowest BCUT2D eigenvalue weighted by Crippen LogP contribution is -2.44. The van der Waals surface area contributed by atoms with Gasteiger partial charge in [-0.1, -0.05) is 0 Å². The molecule has 1 fully saturated rings. The molecule has 2 rings (SSSR count). The number of halogens is 2. The van der Waals surface area contributed by atoms with Gasteiger partial charge in [0.25, 0.3) is 0 Å². The Bertz CT molecular complexity index is 476. The van der Waals surface area contributed by atoms with Gasteiger partial charge in [-0.2, -0.15) is 0 Å². The zero-order valence-electron chi connectivity index (χ0n) is 12.0. The highest BCUT2D eigenvalue weighted by Crippen LogP contribution is 2.16. The number of methoxy groups -OCH3 is 1. The average molecular weight is 299 g/mol. The highest BCUT2D eigenvalue weighted by Gasteiger charge is 2.23. The van der Waals surface area contributed by atoms with Gasteiger partial charge >= 0.3 is 0 Å². The number of likely N-dealkylation sites (tertiary alicyclic amines) is 1. The number of nitrogens with zero attached hydrogens (tertiary/aromatic N) is 1. The highest BCUT2D eigenvalue weighted by atomic mass is 19.1. The Labute approximate surface area is 122 Å². The lowest BCUT2D eigenvalue weighted by atomic mass is 10.1. The molecule has 0 spiro atoms. The summed E-state index contributed by atoms with van der Waals surface area (Å²) in [6, 6.07) is 3.33. The van der Waals surface area contributed by atoms with Crippen molar-refractivity contribution in [1.82, 2.24) is 4.90 Å². The minimum absolute atomic E-state index is 0.0574. The van der Waals surface area contributed by atoms with Crippen LogP contribution in [-0.2, 0) is 20.9 Å². The summed E-state index contributed by atoms with van der Waals surface area (Å²) in [5, 5.41) is 0. The molecule has 4 nitrogen and oxygen atoms in total. The van der Waals surface area contributed by atoms with Gasteiger partial charge in [0.05, 0.1) is 12.7 Å². The number of piperidine rings is 1. The van der Waals surface area contributed by atoms with E-state index in [1.165, 1.54) is 19.2 Å². The Morgan fingerprint density at radius 2 is 2.05 bits per heavy atom. The number of ether oxygens (including phenoxy) is 2. The van der Waals surface area contributed by atoms with E-state index >= 15 is 0 Å². The van der Waals surface area contributed by atoms with Crippen molar-refractivity contribution in [2.75, 3.05) is 26.8 Å². The molecule has 0 bridgehead atoms. The molecule has 116 valence electrons. The second-order valence-corrected chi connectivity index (χ2v) is 5.13. The summed E-state index contributed by atoms with van der Waals surface area (Å²) >= 11 is 0. The van der Waals surface area contributed by atoms with E-state index in [1.807, 2.05) is 0 Å². The van der Waals surface area contributed by atoms with Crippen LogP contribution >= 0.6 is 0 Å². The van der Waals surface area contributed by atoms with Gasteiger partial charge in [0.15, 0.2) is 0 Å². The summed E-state index contributed by atoms with van der Waals surface area (Å²) in [5.41, 5.74) is 0.452. The maximum atomic E-state index is 13.1. The molecular weight excluding hydrogens is 280 g/mol. The van der Waals surface area contributed by atoms with Crippen LogP contribution in [0.1, 0.15) is 18.4 Å². The monoisotopic (exact) mass is 299 g/mol. The van der Waals surface area contributed by atoms with Crippen molar-refractivity contribution in [2.45, 2.75) is 25.6 Å². The normalized spacial score (nSPS) is 18.8. The second-order valence-electron chi connectivity index (χ2n) is 5.13. The van der Waals surface area contributed by atoms with Crippen LogP contribution in [0.5, 0.6) is 0 Å². The third-order valence-electron chi connectivity index (χ3n) is 3.41. The Morgan fingerprint density at radius 3 is 2.71 bits per heavy atom. The molecule has 1 aromatic carbocycles. The SMILES string of the molecule is COCC(=O)N1CCCC(OCc2cc(F)cc(F)c2)C1. The van der Waals surface area contributed by atoms with Gasteiger partial charge in [-0.15, -0.1) is 0 Å². The molecule has 0 N–H and O–H groups in total. The number of carbonyl (C=O) groups excluding carboxylic acids is 1. The Hall–Kier alpha value is -1.53. The topological polar surface area (TPSA) is 38.8 Å². The van der Waals surface area contributed by atoms with Crippen molar-refractivity contribution in [3.05, 3.63) is 35.4 Å².